The van der Waals surface area contributed by atoms with Crippen molar-refractivity contribution in [1.82, 2.24) is 10.1 Å². The van der Waals surface area contributed by atoms with Crippen LogP contribution in [0.2, 0.25) is 0 Å². The lowest BCUT2D eigenvalue weighted by atomic mass is 9.94. The molecule has 18 heavy (non-hydrogen) atoms. The third-order valence-corrected chi connectivity index (χ3v) is 3.60. The first-order chi connectivity index (χ1) is 8.50. The fraction of sp³-hybridized carbons (Fsp3) is 0.769. The predicted octanol–water partition coefficient (Wildman–Crippen LogP) is 1.26. The Balaban J connectivity index is 1.94. The average Bonchev–Trinajstić information content (AvgIpc) is 2.61. The number of hydrogen-bond acceptors (Lipinski definition) is 5. The van der Waals surface area contributed by atoms with Crippen molar-refractivity contribution in [1.29, 1.82) is 0 Å². The molecule has 0 aromatic carbocycles. The Labute approximate surface area is 108 Å². The summed E-state index contributed by atoms with van der Waals surface area (Å²) in [4.78, 5) is 2.12. The summed E-state index contributed by atoms with van der Waals surface area (Å²) in [5, 5.41) is 14.4. The van der Waals surface area contributed by atoms with Crippen LogP contribution >= 0.6 is 0 Å². The molecule has 1 aliphatic heterocycles. The number of hydrogen-bond donors (Lipinski definition) is 1. The molecule has 0 spiro atoms. The topological polar surface area (TPSA) is 58.7 Å². The van der Waals surface area contributed by atoms with Gasteiger partial charge in [-0.15, -0.1) is 0 Å². The van der Waals surface area contributed by atoms with Crippen molar-refractivity contribution >= 4 is 0 Å². The lowest BCUT2D eigenvalue weighted by Crippen LogP contribution is -2.45. The summed E-state index contributed by atoms with van der Waals surface area (Å²) in [7, 11) is 2.01. The molecule has 1 N–H and O–H groups in total. The van der Waals surface area contributed by atoms with E-state index in [4.69, 9.17) is 9.26 Å². The van der Waals surface area contributed by atoms with Crippen LogP contribution in [0.4, 0.5) is 0 Å². The van der Waals surface area contributed by atoms with Crippen LogP contribution in [0, 0.1) is 13.8 Å². The van der Waals surface area contributed by atoms with Gasteiger partial charge in [0.2, 0.25) is 0 Å². The number of ether oxygens (including phenoxy) is 1. The van der Waals surface area contributed by atoms with Crippen LogP contribution in [0.25, 0.3) is 0 Å². The molecule has 0 radical (unpaired) electrons. The van der Waals surface area contributed by atoms with E-state index >= 15 is 0 Å². The van der Waals surface area contributed by atoms with Crippen LogP contribution in [0.3, 0.4) is 0 Å². The SMILES string of the molecule is Cc1noc(C)c1CN(C)CC1(O)CCOCC1. The lowest BCUT2D eigenvalue weighted by Gasteiger charge is -2.35. The molecule has 1 aliphatic rings. The Kier molecular flexibility index (Phi) is 4.04. The zero-order valence-corrected chi connectivity index (χ0v) is 11.4. The number of nitrogens with zero attached hydrogens (tertiary/aromatic N) is 2. The molecular formula is C13H22N2O3. The van der Waals surface area contributed by atoms with E-state index in [1.807, 2.05) is 20.9 Å². The second-order valence-electron chi connectivity index (χ2n) is 5.31. The predicted molar refractivity (Wildman–Crippen MR) is 67.3 cm³/mol. The van der Waals surface area contributed by atoms with E-state index in [1.165, 1.54) is 0 Å². The van der Waals surface area contributed by atoms with Crippen molar-refractivity contribution in [2.75, 3.05) is 26.8 Å². The summed E-state index contributed by atoms with van der Waals surface area (Å²) >= 11 is 0. The molecule has 5 nitrogen and oxygen atoms in total. The molecule has 1 saturated heterocycles. The molecule has 1 fully saturated rings. The minimum absolute atomic E-state index is 0.619. The summed E-state index contributed by atoms with van der Waals surface area (Å²) in [5.41, 5.74) is 1.43. The molecule has 0 atom stereocenters. The van der Waals surface area contributed by atoms with Crippen LogP contribution in [0.1, 0.15) is 29.9 Å². The summed E-state index contributed by atoms with van der Waals surface area (Å²) < 4.78 is 10.4. The highest BCUT2D eigenvalue weighted by atomic mass is 16.5. The molecule has 2 rings (SSSR count). The highest BCUT2D eigenvalue weighted by Gasteiger charge is 2.31. The Morgan fingerprint density at radius 1 is 1.33 bits per heavy atom. The van der Waals surface area contributed by atoms with Gasteiger partial charge in [-0.3, -0.25) is 4.90 Å². The van der Waals surface area contributed by atoms with Gasteiger partial charge in [0.1, 0.15) is 5.76 Å². The quantitative estimate of drug-likeness (QED) is 0.876. The molecule has 2 heterocycles. The van der Waals surface area contributed by atoms with E-state index in [-0.39, 0.29) is 0 Å². The summed E-state index contributed by atoms with van der Waals surface area (Å²) in [6, 6.07) is 0. The van der Waals surface area contributed by atoms with Gasteiger partial charge in [-0.2, -0.15) is 0 Å². The molecule has 1 aromatic heterocycles. The van der Waals surface area contributed by atoms with Crippen molar-refractivity contribution in [2.24, 2.45) is 0 Å². The molecule has 0 aliphatic carbocycles. The van der Waals surface area contributed by atoms with Gasteiger partial charge in [0.05, 0.1) is 11.3 Å². The smallest absolute Gasteiger partial charge is 0.138 e. The summed E-state index contributed by atoms with van der Waals surface area (Å²) in [5.74, 6) is 0.860. The van der Waals surface area contributed by atoms with Crippen molar-refractivity contribution in [3.05, 3.63) is 17.0 Å². The van der Waals surface area contributed by atoms with E-state index in [0.717, 1.165) is 23.6 Å². The number of rotatable bonds is 4. The van der Waals surface area contributed by atoms with E-state index in [2.05, 4.69) is 10.1 Å². The van der Waals surface area contributed by atoms with Gasteiger partial charge in [-0.05, 0) is 20.9 Å². The van der Waals surface area contributed by atoms with Gasteiger partial charge in [0, 0.05) is 44.7 Å². The van der Waals surface area contributed by atoms with Gasteiger partial charge >= 0.3 is 0 Å². The zero-order chi connectivity index (χ0) is 13.2. The van der Waals surface area contributed by atoms with E-state index in [0.29, 0.717) is 32.6 Å². The zero-order valence-electron chi connectivity index (χ0n) is 11.4. The third kappa shape index (κ3) is 3.10. The van der Waals surface area contributed by atoms with Gasteiger partial charge < -0.3 is 14.4 Å². The molecule has 0 amide bonds. The summed E-state index contributed by atoms with van der Waals surface area (Å²) in [6.07, 6.45) is 1.41. The number of aromatic nitrogens is 1. The minimum Gasteiger partial charge on any atom is -0.388 e. The van der Waals surface area contributed by atoms with Crippen LogP contribution in [0.15, 0.2) is 4.52 Å². The second-order valence-corrected chi connectivity index (χ2v) is 5.31. The van der Waals surface area contributed by atoms with Crippen LogP contribution in [-0.4, -0.2) is 47.6 Å². The maximum absolute atomic E-state index is 10.4. The van der Waals surface area contributed by atoms with Gasteiger partial charge in [-0.25, -0.2) is 0 Å². The van der Waals surface area contributed by atoms with Gasteiger partial charge in [-0.1, -0.05) is 5.16 Å². The van der Waals surface area contributed by atoms with Crippen LogP contribution in [-0.2, 0) is 11.3 Å². The number of likely N-dealkylation sites (N-methyl/N-ethyl adjacent to an activating group) is 1. The largest absolute Gasteiger partial charge is 0.388 e. The van der Waals surface area contributed by atoms with E-state index < -0.39 is 5.60 Å². The molecule has 5 heteroatoms. The minimum atomic E-state index is -0.619. The first-order valence-electron chi connectivity index (χ1n) is 6.41. The fourth-order valence-electron chi connectivity index (χ4n) is 2.47. The Hall–Kier alpha value is -0.910. The van der Waals surface area contributed by atoms with Crippen molar-refractivity contribution in [3.8, 4) is 0 Å². The first-order valence-corrected chi connectivity index (χ1v) is 6.41. The molecule has 0 saturated carbocycles. The molecular weight excluding hydrogens is 232 g/mol. The molecule has 0 unspecified atom stereocenters. The standard InChI is InChI=1S/C13H22N2O3/c1-10-12(11(2)18-14-10)8-15(3)9-13(16)4-6-17-7-5-13/h16H,4-9H2,1-3H3. The normalized spacial score (nSPS) is 19.4. The summed E-state index contributed by atoms with van der Waals surface area (Å²) in [6.45, 7) is 6.57. The second kappa shape index (κ2) is 5.38. The maximum atomic E-state index is 10.4. The fourth-order valence-corrected chi connectivity index (χ4v) is 2.47. The third-order valence-electron chi connectivity index (χ3n) is 3.60. The van der Waals surface area contributed by atoms with Crippen molar-refractivity contribution in [2.45, 2.75) is 38.8 Å². The average molecular weight is 254 g/mol. The monoisotopic (exact) mass is 254 g/mol. The van der Waals surface area contributed by atoms with E-state index in [9.17, 15) is 5.11 Å². The maximum Gasteiger partial charge on any atom is 0.138 e. The van der Waals surface area contributed by atoms with Gasteiger partial charge in [0.15, 0.2) is 0 Å². The van der Waals surface area contributed by atoms with E-state index in [1.54, 1.807) is 0 Å². The van der Waals surface area contributed by atoms with Crippen LogP contribution < -0.4 is 0 Å². The number of aryl methyl sites for hydroxylation is 2. The van der Waals surface area contributed by atoms with Crippen molar-refractivity contribution in [3.63, 3.8) is 0 Å². The Bertz CT molecular complexity index is 377. The molecule has 1 aromatic rings. The molecule has 0 bridgehead atoms. The van der Waals surface area contributed by atoms with Crippen LogP contribution in [0.5, 0.6) is 0 Å². The lowest BCUT2D eigenvalue weighted by molar-refractivity contribution is -0.0777. The van der Waals surface area contributed by atoms with Gasteiger partial charge in [0.25, 0.3) is 0 Å². The highest BCUT2D eigenvalue weighted by Crippen LogP contribution is 2.23. The number of aliphatic hydroxyl groups is 1. The Morgan fingerprint density at radius 2 is 2.00 bits per heavy atom. The van der Waals surface area contributed by atoms with Crippen molar-refractivity contribution < 1.29 is 14.4 Å². The molecule has 102 valence electrons. The Morgan fingerprint density at radius 3 is 2.56 bits per heavy atom. The highest BCUT2D eigenvalue weighted by molar-refractivity contribution is 5.20. The first kappa shape index (κ1) is 13.5.